The summed E-state index contributed by atoms with van der Waals surface area (Å²) < 4.78 is 0. The van der Waals surface area contributed by atoms with Crippen LogP contribution in [0.1, 0.15) is 30.8 Å². The van der Waals surface area contributed by atoms with Gasteiger partial charge in [0.2, 0.25) is 0 Å². The average Bonchev–Trinajstić information content (AvgIpc) is 2.82. The predicted octanol–water partition coefficient (Wildman–Crippen LogP) is 3.20. The molecule has 0 fully saturated rings. The fourth-order valence-electron chi connectivity index (χ4n) is 2.06. The Morgan fingerprint density at radius 1 is 1.56 bits per heavy atom. The van der Waals surface area contributed by atoms with E-state index in [1.807, 2.05) is 39.2 Å². The first kappa shape index (κ1) is 12.8. The lowest BCUT2D eigenvalue weighted by atomic mass is 9.87. The Hall–Kier alpha value is -1.62. The SMILES string of the molecule is Cc1nc(-c2cc[nH]c2)sc1C(C)(C)CC(=O)O. The van der Waals surface area contributed by atoms with Gasteiger partial charge in [-0.2, -0.15) is 0 Å². The van der Waals surface area contributed by atoms with Crippen LogP contribution in [0.3, 0.4) is 0 Å². The molecular weight excluding hydrogens is 248 g/mol. The first-order valence-corrected chi connectivity index (χ1v) is 6.54. The number of hydrogen-bond acceptors (Lipinski definition) is 3. The molecule has 0 aliphatic rings. The number of nitrogens with one attached hydrogen (secondary N) is 1. The minimum Gasteiger partial charge on any atom is -0.481 e. The summed E-state index contributed by atoms with van der Waals surface area (Å²) in [6.07, 6.45) is 3.86. The number of H-pyrrole nitrogens is 1. The number of thiazole rings is 1. The van der Waals surface area contributed by atoms with E-state index in [1.54, 1.807) is 11.3 Å². The highest BCUT2D eigenvalue weighted by molar-refractivity contribution is 7.15. The standard InChI is InChI=1S/C13H16N2O2S/c1-8-11(13(2,3)6-10(16)17)18-12(15-8)9-4-5-14-7-9/h4-5,7,14H,6H2,1-3H3,(H,16,17). The number of carbonyl (C=O) groups is 1. The number of aromatic amines is 1. The number of aliphatic carboxylic acids is 1. The van der Waals surface area contributed by atoms with Crippen molar-refractivity contribution in [1.82, 2.24) is 9.97 Å². The monoisotopic (exact) mass is 264 g/mol. The average molecular weight is 264 g/mol. The number of nitrogens with zero attached hydrogens (tertiary/aromatic N) is 1. The first-order chi connectivity index (χ1) is 8.40. The summed E-state index contributed by atoms with van der Waals surface area (Å²) in [4.78, 5) is 19.5. The van der Waals surface area contributed by atoms with Gasteiger partial charge in [0.05, 0.1) is 12.1 Å². The summed E-state index contributed by atoms with van der Waals surface area (Å²) in [7, 11) is 0. The molecule has 2 heterocycles. The van der Waals surface area contributed by atoms with Crippen LogP contribution in [0.25, 0.3) is 10.6 Å². The topological polar surface area (TPSA) is 66.0 Å². The Morgan fingerprint density at radius 3 is 2.83 bits per heavy atom. The Morgan fingerprint density at radius 2 is 2.28 bits per heavy atom. The van der Waals surface area contributed by atoms with Crippen LogP contribution >= 0.6 is 11.3 Å². The molecule has 0 amide bonds. The van der Waals surface area contributed by atoms with Gasteiger partial charge in [-0.3, -0.25) is 4.79 Å². The molecule has 4 nitrogen and oxygen atoms in total. The molecule has 0 aliphatic heterocycles. The van der Waals surface area contributed by atoms with Crippen LogP contribution in [0.5, 0.6) is 0 Å². The van der Waals surface area contributed by atoms with Gasteiger partial charge in [0.15, 0.2) is 0 Å². The van der Waals surface area contributed by atoms with Crippen molar-refractivity contribution in [2.75, 3.05) is 0 Å². The molecule has 0 unspecified atom stereocenters. The minimum absolute atomic E-state index is 0.114. The van der Waals surface area contributed by atoms with Crippen molar-refractivity contribution in [2.24, 2.45) is 0 Å². The van der Waals surface area contributed by atoms with Gasteiger partial charge in [0, 0.05) is 28.2 Å². The van der Waals surface area contributed by atoms with Crippen LogP contribution in [0.15, 0.2) is 18.5 Å². The van der Waals surface area contributed by atoms with Crippen molar-refractivity contribution in [2.45, 2.75) is 32.6 Å². The molecule has 0 aromatic carbocycles. The number of aryl methyl sites for hydroxylation is 1. The van der Waals surface area contributed by atoms with Crippen LogP contribution < -0.4 is 0 Å². The maximum Gasteiger partial charge on any atom is 0.304 e. The zero-order valence-corrected chi connectivity index (χ0v) is 11.5. The molecule has 0 saturated heterocycles. The van der Waals surface area contributed by atoms with Gasteiger partial charge in [-0.1, -0.05) is 13.8 Å². The number of carboxylic acids is 1. The molecule has 2 N–H and O–H groups in total. The Balaban J connectivity index is 2.38. The summed E-state index contributed by atoms with van der Waals surface area (Å²) in [6, 6.07) is 1.96. The third-order valence-corrected chi connectivity index (χ3v) is 4.42. The smallest absolute Gasteiger partial charge is 0.304 e. The molecule has 2 rings (SSSR count). The van der Waals surface area contributed by atoms with Crippen molar-refractivity contribution in [3.05, 3.63) is 29.0 Å². The van der Waals surface area contributed by atoms with Crippen molar-refractivity contribution >= 4 is 17.3 Å². The zero-order chi connectivity index (χ0) is 13.3. The van der Waals surface area contributed by atoms with Crippen LogP contribution in [-0.2, 0) is 10.2 Å². The third kappa shape index (κ3) is 2.46. The van der Waals surface area contributed by atoms with E-state index < -0.39 is 5.97 Å². The van der Waals surface area contributed by atoms with Gasteiger partial charge in [-0.25, -0.2) is 4.98 Å². The van der Waals surface area contributed by atoms with Crippen molar-refractivity contribution < 1.29 is 9.90 Å². The van der Waals surface area contributed by atoms with Crippen LogP contribution in [0.2, 0.25) is 0 Å². The summed E-state index contributed by atoms with van der Waals surface area (Å²) in [5, 5.41) is 9.90. The fraction of sp³-hybridized carbons (Fsp3) is 0.385. The highest BCUT2D eigenvalue weighted by atomic mass is 32.1. The third-order valence-electron chi connectivity index (χ3n) is 2.85. The molecular formula is C13H16N2O2S. The summed E-state index contributed by atoms with van der Waals surface area (Å²) in [5.41, 5.74) is 1.57. The molecule has 0 atom stereocenters. The van der Waals surface area contributed by atoms with E-state index in [0.717, 1.165) is 21.1 Å². The van der Waals surface area contributed by atoms with Crippen LogP contribution in [0.4, 0.5) is 0 Å². The molecule has 5 heteroatoms. The summed E-state index contributed by atoms with van der Waals surface area (Å²) >= 11 is 1.57. The predicted molar refractivity (Wildman–Crippen MR) is 71.9 cm³/mol. The van der Waals surface area contributed by atoms with Gasteiger partial charge in [0.1, 0.15) is 5.01 Å². The van der Waals surface area contributed by atoms with Crippen LogP contribution in [0, 0.1) is 6.92 Å². The lowest BCUT2D eigenvalue weighted by Gasteiger charge is -2.21. The van der Waals surface area contributed by atoms with E-state index in [2.05, 4.69) is 9.97 Å². The van der Waals surface area contributed by atoms with Crippen LogP contribution in [-0.4, -0.2) is 21.0 Å². The van der Waals surface area contributed by atoms with Gasteiger partial charge in [-0.15, -0.1) is 11.3 Å². The number of aromatic nitrogens is 2. The number of rotatable bonds is 4. The molecule has 0 spiro atoms. The van der Waals surface area contributed by atoms with Gasteiger partial charge in [0.25, 0.3) is 0 Å². The molecule has 2 aromatic rings. The molecule has 2 aromatic heterocycles. The van der Waals surface area contributed by atoms with Crippen molar-refractivity contribution in [1.29, 1.82) is 0 Å². The Bertz CT molecular complexity index is 556. The Kier molecular flexibility index (Phi) is 3.26. The second-order valence-electron chi connectivity index (χ2n) is 4.99. The van der Waals surface area contributed by atoms with Gasteiger partial charge in [-0.05, 0) is 13.0 Å². The lowest BCUT2D eigenvalue weighted by molar-refractivity contribution is -0.138. The normalized spacial score (nSPS) is 11.7. The van der Waals surface area contributed by atoms with E-state index in [1.165, 1.54) is 0 Å². The molecule has 0 radical (unpaired) electrons. The van der Waals surface area contributed by atoms with E-state index in [4.69, 9.17) is 5.11 Å². The first-order valence-electron chi connectivity index (χ1n) is 5.73. The largest absolute Gasteiger partial charge is 0.481 e. The van der Waals surface area contributed by atoms with E-state index >= 15 is 0 Å². The van der Waals surface area contributed by atoms with E-state index in [0.29, 0.717) is 0 Å². The maximum atomic E-state index is 10.9. The number of carboxylic acid groups (broad SMARTS) is 1. The van der Waals surface area contributed by atoms with E-state index in [-0.39, 0.29) is 11.8 Å². The molecule has 96 valence electrons. The minimum atomic E-state index is -0.781. The second-order valence-corrected chi connectivity index (χ2v) is 5.99. The fourth-order valence-corrected chi connectivity index (χ4v) is 3.23. The number of hydrogen-bond donors (Lipinski definition) is 2. The highest BCUT2D eigenvalue weighted by Crippen LogP contribution is 2.37. The highest BCUT2D eigenvalue weighted by Gasteiger charge is 2.29. The lowest BCUT2D eigenvalue weighted by Crippen LogP contribution is -2.21. The summed E-state index contributed by atoms with van der Waals surface area (Å²) in [6.45, 7) is 5.83. The Labute approximate surface area is 110 Å². The molecule has 0 bridgehead atoms. The summed E-state index contributed by atoms with van der Waals surface area (Å²) in [5.74, 6) is -0.781. The quantitative estimate of drug-likeness (QED) is 0.891. The van der Waals surface area contributed by atoms with E-state index in [9.17, 15) is 4.79 Å². The zero-order valence-electron chi connectivity index (χ0n) is 10.7. The molecule has 0 aliphatic carbocycles. The van der Waals surface area contributed by atoms with Crippen molar-refractivity contribution in [3.8, 4) is 10.6 Å². The molecule has 0 saturated carbocycles. The maximum absolute atomic E-state index is 10.9. The second kappa shape index (κ2) is 4.57. The van der Waals surface area contributed by atoms with Crippen molar-refractivity contribution in [3.63, 3.8) is 0 Å². The van der Waals surface area contributed by atoms with Gasteiger partial charge < -0.3 is 10.1 Å². The molecule has 18 heavy (non-hydrogen) atoms. The van der Waals surface area contributed by atoms with Gasteiger partial charge >= 0.3 is 5.97 Å².